The van der Waals surface area contributed by atoms with E-state index < -0.39 is 29.5 Å². The lowest BCUT2D eigenvalue weighted by Crippen LogP contribution is -2.35. The van der Waals surface area contributed by atoms with Crippen LogP contribution < -0.4 is 10.1 Å². The lowest BCUT2D eigenvalue weighted by molar-refractivity contribution is 0.0486. The minimum atomic E-state index is -0.728. The quantitative estimate of drug-likeness (QED) is 0.321. The number of hydrogen-bond donors (Lipinski definition) is 1. The third kappa shape index (κ3) is 7.89. The minimum absolute atomic E-state index is 0.0345. The Kier molecular flexibility index (Phi) is 9.46. The van der Waals surface area contributed by atoms with Gasteiger partial charge in [0, 0.05) is 17.8 Å². The summed E-state index contributed by atoms with van der Waals surface area (Å²) >= 11 is 6.19. The highest BCUT2D eigenvalue weighted by molar-refractivity contribution is 6.32. The van der Waals surface area contributed by atoms with Crippen LogP contribution in [0, 0.1) is 5.82 Å². The van der Waals surface area contributed by atoms with Crippen molar-refractivity contribution in [3.8, 4) is 11.5 Å². The molecule has 9 heteroatoms. The minimum Gasteiger partial charge on any atom is -0.461 e. The number of carbonyl (C=O) groups is 2. The highest BCUT2D eigenvalue weighted by atomic mass is 35.5. The third-order valence-corrected chi connectivity index (χ3v) is 4.74. The van der Waals surface area contributed by atoms with Gasteiger partial charge in [-0.05, 0) is 45.7 Å². The van der Waals surface area contributed by atoms with Crippen molar-refractivity contribution in [1.29, 1.82) is 0 Å². The first kappa shape index (κ1) is 26.4. The maximum absolute atomic E-state index is 15.4. The number of benzene rings is 1. The van der Waals surface area contributed by atoms with Crippen LogP contribution in [0.5, 0.6) is 11.5 Å². The Bertz CT molecular complexity index is 978. The SMILES string of the molecule is CCCCOC(=O)c1cc(Oc2c(Cl)ccc([C@@H](CC)NC(=O)OC(C)(C)C)c2F)ccn1. The van der Waals surface area contributed by atoms with Crippen molar-refractivity contribution in [3.63, 3.8) is 0 Å². The largest absolute Gasteiger partial charge is 0.461 e. The molecule has 2 aromatic rings. The Balaban J connectivity index is 2.25. The van der Waals surface area contributed by atoms with E-state index in [0.717, 1.165) is 12.8 Å². The van der Waals surface area contributed by atoms with Crippen molar-refractivity contribution in [1.82, 2.24) is 10.3 Å². The summed E-state index contributed by atoms with van der Waals surface area (Å²) in [5.74, 6) is -1.38. The molecule has 0 bridgehead atoms. The third-order valence-electron chi connectivity index (χ3n) is 4.45. The highest BCUT2D eigenvalue weighted by Gasteiger charge is 2.24. The summed E-state index contributed by atoms with van der Waals surface area (Å²) in [6, 6.07) is 5.13. The van der Waals surface area contributed by atoms with Gasteiger partial charge in [-0.2, -0.15) is 0 Å². The molecule has 180 valence electrons. The molecule has 0 radical (unpaired) electrons. The van der Waals surface area contributed by atoms with E-state index >= 15 is 4.39 Å². The standard InChI is InChI=1S/C24H30ClFN2O5/c1-6-8-13-31-22(29)19-14-15(11-12-27-19)32-21-17(25)10-9-16(20(21)26)18(7-2)28-23(30)33-24(3,4)5/h9-12,14,18H,6-8,13H2,1-5H3,(H,28,30)/t18-/m1/s1. The topological polar surface area (TPSA) is 86.8 Å². The van der Waals surface area contributed by atoms with Crippen molar-refractivity contribution >= 4 is 23.7 Å². The van der Waals surface area contributed by atoms with Gasteiger partial charge in [0.05, 0.1) is 17.7 Å². The normalized spacial score (nSPS) is 12.1. The lowest BCUT2D eigenvalue weighted by Gasteiger charge is -2.24. The van der Waals surface area contributed by atoms with Gasteiger partial charge < -0.3 is 19.5 Å². The number of nitrogens with one attached hydrogen (secondary N) is 1. The number of halogens is 2. The van der Waals surface area contributed by atoms with E-state index in [1.54, 1.807) is 27.7 Å². The number of ether oxygens (including phenoxy) is 3. The molecule has 2 rings (SSSR count). The monoisotopic (exact) mass is 480 g/mol. The smallest absolute Gasteiger partial charge is 0.408 e. The molecule has 1 N–H and O–H groups in total. The van der Waals surface area contributed by atoms with Crippen LogP contribution in [-0.2, 0) is 9.47 Å². The van der Waals surface area contributed by atoms with Gasteiger partial charge in [0.15, 0.2) is 17.3 Å². The summed E-state index contributed by atoms with van der Waals surface area (Å²) in [6.45, 7) is 9.30. The number of aromatic nitrogens is 1. The fraction of sp³-hybridized carbons (Fsp3) is 0.458. The Morgan fingerprint density at radius 1 is 1.21 bits per heavy atom. The Morgan fingerprint density at radius 2 is 1.94 bits per heavy atom. The van der Waals surface area contributed by atoms with Crippen LogP contribution in [0.25, 0.3) is 0 Å². The molecule has 1 amide bonds. The van der Waals surface area contributed by atoms with Gasteiger partial charge in [0.2, 0.25) is 0 Å². The molecule has 0 spiro atoms. The molecule has 0 saturated heterocycles. The molecule has 1 atom stereocenters. The number of amides is 1. The number of hydrogen-bond acceptors (Lipinski definition) is 6. The van der Waals surface area contributed by atoms with E-state index in [-0.39, 0.29) is 34.4 Å². The van der Waals surface area contributed by atoms with Crippen LogP contribution in [0.1, 0.15) is 76.0 Å². The van der Waals surface area contributed by atoms with Crippen LogP contribution in [0.4, 0.5) is 9.18 Å². The van der Waals surface area contributed by atoms with Crippen LogP contribution in [0.15, 0.2) is 30.5 Å². The molecule has 0 aliphatic carbocycles. The van der Waals surface area contributed by atoms with Gasteiger partial charge >= 0.3 is 12.1 Å². The molecule has 0 aliphatic rings. The molecule has 0 fully saturated rings. The van der Waals surface area contributed by atoms with Gasteiger partial charge in [0.25, 0.3) is 0 Å². The second-order valence-electron chi connectivity index (χ2n) is 8.36. The Labute approximate surface area is 198 Å². The van der Waals surface area contributed by atoms with E-state index in [4.69, 9.17) is 25.8 Å². The van der Waals surface area contributed by atoms with Crippen LogP contribution in [-0.4, -0.2) is 29.3 Å². The Morgan fingerprint density at radius 3 is 2.58 bits per heavy atom. The van der Waals surface area contributed by atoms with E-state index in [9.17, 15) is 9.59 Å². The highest BCUT2D eigenvalue weighted by Crippen LogP contribution is 2.36. The number of carbonyl (C=O) groups excluding carboxylic acids is 2. The van der Waals surface area contributed by atoms with Crippen molar-refractivity contribution in [2.75, 3.05) is 6.61 Å². The fourth-order valence-corrected chi connectivity index (χ4v) is 3.03. The first-order chi connectivity index (χ1) is 15.6. The molecule has 7 nitrogen and oxygen atoms in total. The zero-order valence-electron chi connectivity index (χ0n) is 19.5. The number of alkyl carbamates (subject to hydrolysis) is 1. The van der Waals surface area contributed by atoms with Gasteiger partial charge in [-0.25, -0.2) is 19.0 Å². The summed E-state index contributed by atoms with van der Waals surface area (Å²) in [5.41, 5.74) is -0.461. The lowest BCUT2D eigenvalue weighted by atomic mass is 10.0. The number of rotatable bonds is 9. The number of esters is 1. The van der Waals surface area contributed by atoms with Gasteiger partial charge in [-0.15, -0.1) is 0 Å². The van der Waals surface area contributed by atoms with E-state index in [1.165, 1.54) is 30.5 Å². The van der Waals surface area contributed by atoms with Crippen molar-refractivity contribution in [2.45, 2.75) is 65.5 Å². The second kappa shape index (κ2) is 11.8. The summed E-state index contributed by atoms with van der Waals surface area (Å²) in [5, 5.41) is 2.70. The maximum Gasteiger partial charge on any atom is 0.408 e. The predicted octanol–water partition coefficient (Wildman–Crippen LogP) is 6.60. The van der Waals surface area contributed by atoms with Crippen molar-refractivity contribution < 1.29 is 28.2 Å². The summed E-state index contributed by atoms with van der Waals surface area (Å²) in [4.78, 5) is 28.3. The number of unbranched alkanes of at least 4 members (excludes halogenated alkanes) is 1. The Hall–Kier alpha value is -2.87. The predicted molar refractivity (Wildman–Crippen MR) is 123 cm³/mol. The molecule has 0 saturated carbocycles. The molecule has 1 heterocycles. The summed E-state index contributed by atoms with van der Waals surface area (Å²) in [6.07, 6.45) is 2.73. The van der Waals surface area contributed by atoms with Crippen LogP contribution >= 0.6 is 11.6 Å². The average molecular weight is 481 g/mol. The molecule has 0 unspecified atom stereocenters. The molecular formula is C24H30ClFN2O5. The molecule has 1 aromatic heterocycles. The van der Waals surface area contributed by atoms with E-state index in [0.29, 0.717) is 6.42 Å². The van der Waals surface area contributed by atoms with Gasteiger partial charge in [0.1, 0.15) is 11.4 Å². The molecule has 0 aliphatic heterocycles. The average Bonchev–Trinajstić information content (AvgIpc) is 2.74. The first-order valence-electron chi connectivity index (χ1n) is 10.8. The number of pyridine rings is 1. The van der Waals surface area contributed by atoms with Gasteiger partial charge in [-0.3, -0.25) is 0 Å². The van der Waals surface area contributed by atoms with E-state index in [2.05, 4.69) is 10.3 Å². The van der Waals surface area contributed by atoms with Gasteiger partial charge in [-0.1, -0.05) is 37.9 Å². The molecule has 1 aromatic carbocycles. The molecule has 33 heavy (non-hydrogen) atoms. The molecular weight excluding hydrogens is 451 g/mol. The van der Waals surface area contributed by atoms with Crippen molar-refractivity contribution in [3.05, 3.63) is 52.6 Å². The van der Waals surface area contributed by atoms with Crippen LogP contribution in [0.2, 0.25) is 5.02 Å². The maximum atomic E-state index is 15.4. The van der Waals surface area contributed by atoms with Crippen molar-refractivity contribution in [2.24, 2.45) is 0 Å². The zero-order chi connectivity index (χ0) is 24.6. The second-order valence-corrected chi connectivity index (χ2v) is 8.76. The van der Waals surface area contributed by atoms with E-state index in [1.807, 2.05) is 6.92 Å². The zero-order valence-corrected chi connectivity index (χ0v) is 20.3. The summed E-state index contributed by atoms with van der Waals surface area (Å²) in [7, 11) is 0. The first-order valence-corrected chi connectivity index (χ1v) is 11.2. The van der Waals surface area contributed by atoms with Crippen LogP contribution in [0.3, 0.4) is 0 Å². The number of nitrogens with zero attached hydrogens (tertiary/aromatic N) is 1. The fourth-order valence-electron chi connectivity index (χ4n) is 2.85. The summed E-state index contributed by atoms with van der Waals surface area (Å²) < 4.78 is 31.5.